The molecule has 1 atom stereocenters. The highest BCUT2D eigenvalue weighted by Gasteiger charge is 2.14. The van der Waals surface area contributed by atoms with Gasteiger partial charge in [-0.15, -0.1) is 0 Å². The van der Waals surface area contributed by atoms with Crippen LogP contribution in [-0.4, -0.2) is 20.9 Å². The van der Waals surface area contributed by atoms with Crippen LogP contribution in [-0.2, 0) is 11.0 Å². The van der Waals surface area contributed by atoms with Crippen LogP contribution in [0.4, 0.5) is 4.39 Å². The zero-order chi connectivity index (χ0) is 17.3. The number of aromatic nitrogens is 2. The Kier molecular flexibility index (Phi) is 4.46. The maximum Gasteiger partial charge on any atom is 0.165 e. The summed E-state index contributed by atoms with van der Waals surface area (Å²) in [4.78, 5) is 4.86. The summed E-state index contributed by atoms with van der Waals surface area (Å²) < 4.78 is 32.2. The predicted octanol–water partition coefficient (Wildman–Crippen LogP) is 2.98. The number of nitrogens with zero attached hydrogens (tertiary/aromatic N) is 2. The molecular formula is C17H16FN3O2S. The van der Waals surface area contributed by atoms with Gasteiger partial charge in [0.2, 0.25) is 0 Å². The van der Waals surface area contributed by atoms with Crippen LogP contribution in [0.25, 0.3) is 16.9 Å². The van der Waals surface area contributed by atoms with E-state index in [9.17, 15) is 8.60 Å². The molecule has 3 rings (SSSR count). The molecule has 5 nitrogen and oxygen atoms in total. The van der Waals surface area contributed by atoms with Crippen molar-refractivity contribution in [2.75, 3.05) is 7.11 Å². The first kappa shape index (κ1) is 16.4. The van der Waals surface area contributed by atoms with Crippen LogP contribution >= 0.6 is 0 Å². The number of hydrogen-bond donors (Lipinski definition) is 1. The summed E-state index contributed by atoms with van der Waals surface area (Å²) >= 11 is 0. The smallest absolute Gasteiger partial charge is 0.165 e. The Labute approximate surface area is 141 Å². The minimum atomic E-state index is -1.52. The van der Waals surface area contributed by atoms with Gasteiger partial charge in [0.25, 0.3) is 0 Å². The molecule has 2 N–H and O–H groups in total. The maximum absolute atomic E-state index is 14.0. The number of benzene rings is 2. The predicted molar refractivity (Wildman–Crippen MR) is 90.8 cm³/mol. The number of nitrogens with two attached hydrogens (primary N) is 1. The molecule has 124 valence electrons. The molecular weight excluding hydrogens is 329 g/mol. The van der Waals surface area contributed by atoms with Gasteiger partial charge >= 0.3 is 0 Å². The number of ether oxygens (including phenoxy) is 1. The average molecular weight is 345 g/mol. The van der Waals surface area contributed by atoms with Crippen molar-refractivity contribution in [1.29, 1.82) is 0 Å². The van der Waals surface area contributed by atoms with Crippen LogP contribution in [0.15, 0.2) is 53.7 Å². The first-order chi connectivity index (χ1) is 11.5. The first-order valence-corrected chi connectivity index (χ1v) is 8.37. The topological polar surface area (TPSA) is 70.1 Å². The van der Waals surface area contributed by atoms with E-state index in [1.165, 1.54) is 13.2 Å². The maximum atomic E-state index is 14.0. The van der Waals surface area contributed by atoms with Crippen LogP contribution in [0.2, 0.25) is 0 Å². The highest BCUT2D eigenvalue weighted by molar-refractivity contribution is 7.82. The summed E-state index contributed by atoms with van der Waals surface area (Å²) in [5.41, 5.74) is 3.05. The number of imidazole rings is 1. The van der Waals surface area contributed by atoms with Crippen molar-refractivity contribution in [1.82, 2.24) is 9.55 Å². The molecule has 1 unspecified atom stereocenters. The second-order valence-electron chi connectivity index (χ2n) is 5.19. The molecule has 0 aliphatic carbocycles. The van der Waals surface area contributed by atoms with Gasteiger partial charge in [0.15, 0.2) is 11.6 Å². The van der Waals surface area contributed by atoms with E-state index in [-0.39, 0.29) is 5.75 Å². The van der Waals surface area contributed by atoms with E-state index in [0.29, 0.717) is 10.5 Å². The van der Waals surface area contributed by atoms with Gasteiger partial charge in [-0.05, 0) is 49.4 Å². The number of aryl methyl sites for hydroxylation is 1. The van der Waals surface area contributed by atoms with E-state index >= 15 is 0 Å². The summed E-state index contributed by atoms with van der Waals surface area (Å²) in [6.45, 7) is 1.86. The van der Waals surface area contributed by atoms with E-state index < -0.39 is 16.8 Å². The third-order valence-electron chi connectivity index (χ3n) is 3.72. The standard InChI is InChI=1S/C17H16FN3O2S/c1-11-17(12-3-8-16(23-2)15(18)9-12)21(10-20-11)13-4-6-14(7-5-13)24(19)22/h3-10H,19H2,1-2H3. The van der Waals surface area contributed by atoms with E-state index in [0.717, 1.165) is 17.1 Å². The van der Waals surface area contributed by atoms with Gasteiger partial charge in [0.05, 0.1) is 29.7 Å². The first-order valence-electron chi connectivity index (χ1n) is 7.15. The summed E-state index contributed by atoms with van der Waals surface area (Å²) in [5.74, 6) is -0.242. The largest absolute Gasteiger partial charge is 0.494 e. The number of halogens is 1. The molecule has 3 aromatic rings. The zero-order valence-corrected chi connectivity index (χ0v) is 14.0. The molecule has 1 heterocycles. The van der Waals surface area contributed by atoms with Gasteiger partial charge in [-0.1, -0.05) is 0 Å². The molecule has 7 heteroatoms. The van der Waals surface area contributed by atoms with Crippen molar-refractivity contribution < 1.29 is 13.3 Å². The van der Waals surface area contributed by atoms with Gasteiger partial charge < -0.3 is 4.74 Å². The fraction of sp³-hybridized carbons (Fsp3) is 0.118. The van der Waals surface area contributed by atoms with Crippen LogP contribution in [0.3, 0.4) is 0 Å². The van der Waals surface area contributed by atoms with E-state index in [1.54, 1.807) is 42.7 Å². The number of methoxy groups -OCH3 is 1. The molecule has 0 fully saturated rings. The lowest BCUT2D eigenvalue weighted by Crippen LogP contribution is -2.03. The quantitative estimate of drug-likeness (QED) is 0.790. The third kappa shape index (κ3) is 2.95. The van der Waals surface area contributed by atoms with Gasteiger partial charge in [-0.25, -0.2) is 18.7 Å². The Balaban J connectivity index is 2.09. The zero-order valence-electron chi connectivity index (χ0n) is 13.2. The normalized spacial score (nSPS) is 12.2. The second kappa shape index (κ2) is 6.54. The molecule has 1 aromatic heterocycles. The lowest BCUT2D eigenvalue weighted by Gasteiger charge is -2.11. The van der Waals surface area contributed by atoms with E-state index in [2.05, 4.69) is 4.98 Å². The lowest BCUT2D eigenvalue weighted by atomic mass is 10.1. The van der Waals surface area contributed by atoms with Gasteiger partial charge in [0.1, 0.15) is 11.0 Å². The molecule has 0 aliphatic rings. The summed E-state index contributed by atoms with van der Waals surface area (Å²) in [5, 5.41) is 5.37. The molecule has 2 aromatic carbocycles. The van der Waals surface area contributed by atoms with Crippen LogP contribution < -0.4 is 9.88 Å². The Morgan fingerprint density at radius 3 is 2.50 bits per heavy atom. The average Bonchev–Trinajstić information content (AvgIpc) is 2.96. The summed E-state index contributed by atoms with van der Waals surface area (Å²) in [7, 11) is -0.0979. The molecule has 0 saturated carbocycles. The van der Waals surface area contributed by atoms with Crippen molar-refractivity contribution in [3.8, 4) is 22.7 Å². The summed E-state index contributed by atoms with van der Waals surface area (Å²) in [6.07, 6.45) is 1.67. The second-order valence-corrected chi connectivity index (χ2v) is 6.26. The van der Waals surface area contributed by atoms with Crippen molar-refractivity contribution in [2.45, 2.75) is 11.8 Å². The van der Waals surface area contributed by atoms with Crippen LogP contribution in [0.1, 0.15) is 5.69 Å². The lowest BCUT2D eigenvalue weighted by molar-refractivity contribution is 0.386. The summed E-state index contributed by atoms with van der Waals surface area (Å²) in [6, 6.07) is 11.8. The number of rotatable bonds is 4. The Bertz CT molecular complexity index is 907. The minimum Gasteiger partial charge on any atom is -0.494 e. The fourth-order valence-electron chi connectivity index (χ4n) is 2.54. The van der Waals surface area contributed by atoms with Crippen LogP contribution in [0, 0.1) is 12.7 Å². The van der Waals surface area contributed by atoms with Gasteiger partial charge in [-0.3, -0.25) is 4.57 Å². The van der Waals surface area contributed by atoms with Crippen molar-refractivity contribution >= 4 is 11.0 Å². The number of hydrogen-bond acceptors (Lipinski definition) is 3. The minimum absolute atomic E-state index is 0.192. The van der Waals surface area contributed by atoms with Crippen molar-refractivity contribution in [2.24, 2.45) is 5.14 Å². The molecule has 0 spiro atoms. The molecule has 0 amide bonds. The fourth-order valence-corrected chi connectivity index (χ4v) is 2.94. The Hall–Kier alpha value is -2.51. The monoisotopic (exact) mass is 345 g/mol. The molecule has 0 bridgehead atoms. The Morgan fingerprint density at radius 1 is 1.21 bits per heavy atom. The molecule has 24 heavy (non-hydrogen) atoms. The Morgan fingerprint density at radius 2 is 1.92 bits per heavy atom. The van der Waals surface area contributed by atoms with Gasteiger partial charge in [-0.2, -0.15) is 0 Å². The third-order valence-corrected chi connectivity index (χ3v) is 4.46. The van der Waals surface area contributed by atoms with Crippen molar-refractivity contribution in [3.05, 3.63) is 60.3 Å². The molecule has 0 aliphatic heterocycles. The van der Waals surface area contributed by atoms with Crippen LogP contribution in [0.5, 0.6) is 5.75 Å². The van der Waals surface area contributed by atoms with E-state index in [1.807, 2.05) is 11.5 Å². The molecule has 0 radical (unpaired) electrons. The van der Waals surface area contributed by atoms with E-state index in [4.69, 9.17) is 9.88 Å². The highest BCUT2D eigenvalue weighted by atomic mass is 32.2. The van der Waals surface area contributed by atoms with Crippen molar-refractivity contribution in [3.63, 3.8) is 0 Å². The van der Waals surface area contributed by atoms with Gasteiger partial charge in [0, 0.05) is 11.3 Å². The highest BCUT2D eigenvalue weighted by Crippen LogP contribution is 2.29. The molecule has 0 saturated heterocycles. The SMILES string of the molecule is COc1ccc(-c2c(C)ncn2-c2ccc(S(N)=O)cc2)cc1F.